The average molecular weight is 221 g/mol. The second-order valence-electron chi connectivity index (χ2n) is 2.77. The molecule has 0 aliphatic carbocycles. The molecule has 0 bridgehead atoms. The summed E-state index contributed by atoms with van der Waals surface area (Å²) in [6.07, 6.45) is 4.75. The molecule has 5 heteroatoms. The smallest absolute Gasteiger partial charge is 0.265 e. The van der Waals surface area contributed by atoms with Gasteiger partial charge in [-0.25, -0.2) is 0 Å². The van der Waals surface area contributed by atoms with Crippen LogP contribution in [0.15, 0.2) is 0 Å². The molecule has 0 N–H and O–H groups in total. The molecule has 1 heterocycles. The highest BCUT2D eigenvalue weighted by Crippen LogP contribution is 2.20. The summed E-state index contributed by atoms with van der Waals surface area (Å²) in [5.74, 6) is 0.475. The second kappa shape index (κ2) is 6.16. The maximum atomic E-state index is 5.69. The molecule has 74 valence electrons. The zero-order valence-electron chi connectivity index (χ0n) is 7.62. The van der Waals surface area contributed by atoms with Gasteiger partial charge >= 0.3 is 0 Å². The van der Waals surface area contributed by atoms with E-state index in [0.717, 1.165) is 18.1 Å². The summed E-state index contributed by atoms with van der Waals surface area (Å²) in [4.78, 5) is 0. The van der Waals surface area contributed by atoms with Crippen molar-refractivity contribution >= 4 is 23.3 Å². The number of nitrogens with zero attached hydrogens (tertiary/aromatic N) is 2. The van der Waals surface area contributed by atoms with Crippen LogP contribution in [0.2, 0.25) is 5.15 Å². The molecular formula is C8H13ClN2OS. The second-order valence-corrected chi connectivity index (χ2v) is 3.66. The minimum atomic E-state index is 0.375. The minimum absolute atomic E-state index is 0.375. The Hall–Kier alpha value is -0.350. The van der Waals surface area contributed by atoms with Crippen molar-refractivity contribution in [3.05, 3.63) is 5.15 Å². The summed E-state index contributed by atoms with van der Waals surface area (Å²) in [6.45, 7) is 2.87. The van der Waals surface area contributed by atoms with Gasteiger partial charge < -0.3 is 4.74 Å². The van der Waals surface area contributed by atoms with E-state index in [1.165, 1.54) is 19.3 Å². The molecule has 0 fully saturated rings. The number of ether oxygens (including phenoxy) is 1. The van der Waals surface area contributed by atoms with Crippen LogP contribution in [0, 0.1) is 0 Å². The van der Waals surface area contributed by atoms with Gasteiger partial charge in [0.15, 0.2) is 0 Å². The molecule has 13 heavy (non-hydrogen) atoms. The number of unbranched alkanes of at least 4 members (excludes halogenated alkanes) is 3. The van der Waals surface area contributed by atoms with Crippen LogP contribution in [0.1, 0.15) is 32.6 Å². The fraction of sp³-hybridized carbons (Fsp3) is 0.750. The lowest BCUT2D eigenvalue weighted by Crippen LogP contribution is -1.97. The van der Waals surface area contributed by atoms with Crippen molar-refractivity contribution in [3.8, 4) is 5.88 Å². The number of aromatic nitrogens is 2. The van der Waals surface area contributed by atoms with Gasteiger partial charge in [-0.05, 0) is 6.42 Å². The van der Waals surface area contributed by atoms with Crippen LogP contribution in [0.25, 0.3) is 0 Å². The van der Waals surface area contributed by atoms with E-state index >= 15 is 0 Å². The third kappa shape index (κ3) is 3.91. The topological polar surface area (TPSA) is 35.0 Å². The van der Waals surface area contributed by atoms with Crippen molar-refractivity contribution in [2.24, 2.45) is 0 Å². The first-order chi connectivity index (χ1) is 6.34. The van der Waals surface area contributed by atoms with Crippen molar-refractivity contribution < 1.29 is 4.74 Å². The Morgan fingerprint density at radius 2 is 2.15 bits per heavy atom. The molecule has 0 saturated carbocycles. The molecule has 0 spiro atoms. The van der Waals surface area contributed by atoms with E-state index in [2.05, 4.69) is 15.7 Å². The van der Waals surface area contributed by atoms with Gasteiger partial charge in [0.2, 0.25) is 5.15 Å². The van der Waals surface area contributed by atoms with E-state index in [1.54, 1.807) is 0 Å². The zero-order chi connectivity index (χ0) is 9.52. The van der Waals surface area contributed by atoms with Crippen molar-refractivity contribution in [1.29, 1.82) is 0 Å². The highest BCUT2D eigenvalue weighted by molar-refractivity contribution is 6.99. The minimum Gasteiger partial charge on any atom is -0.475 e. The van der Waals surface area contributed by atoms with E-state index in [1.807, 2.05) is 0 Å². The van der Waals surface area contributed by atoms with E-state index in [4.69, 9.17) is 16.3 Å². The molecule has 3 nitrogen and oxygen atoms in total. The van der Waals surface area contributed by atoms with Crippen LogP contribution >= 0.6 is 23.3 Å². The Labute approximate surface area is 87.4 Å². The molecular weight excluding hydrogens is 208 g/mol. The summed E-state index contributed by atoms with van der Waals surface area (Å²) in [6, 6.07) is 0. The highest BCUT2D eigenvalue weighted by Gasteiger charge is 2.04. The molecule has 1 aromatic rings. The Morgan fingerprint density at radius 1 is 1.31 bits per heavy atom. The standard InChI is InChI=1S/C8H13ClN2OS/c1-2-3-4-5-6-12-8-7(9)10-13-11-8/h2-6H2,1H3. The zero-order valence-corrected chi connectivity index (χ0v) is 9.20. The summed E-state index contributed by atoms with van der Waals surface area (Å²) >= 11 is 6.77. The van der Waals surface area contributed by atoms with Gasteiger partial charge in [0, 0.05) is 0 Å². The molecule has 0 aromatic carbocycles. The Morgan fingerprint density at radius 3 is 2.77 bits per heavy atom. The largest absolute Gasteiger partial charge is 0.475 e. The third-order valence-electron chi connectivity index (χ3n) is 1.66. The van der Waals surface area contributed by atoms with E-state index < -0.39 is 0 Å². The van der Waals surface area contributed by atoms with Gasteiger partial charge in [0.25, 0.3) is 5.88 Å². The lowest BCUT2D eigenvalue weighted by atomic mass is 10.2. The third-order valence-corrected chi connectivity index (χ3v) is 2.52. The van der Waals surface area contributed by atoms with Crippen molar-refractivity contribution in [2.75, 3.05) is 6.61 Å². The van der Waals surface area contributed by atoms with Gasteiger partial charge in [-0.2, -0.15) is 4.37 Å². The Balaban J connectivity index is 2.10. The summed E-state index contributed by atoms with van der Waals surface area (Å²) in [5, 5.41) is 0.375. The maximum absolute atomic E-state index is 5.69. The Bertz CT molecular complexity index is 242. The first-order valence-electron chi connectivity index (χ1n) is 4.45. The molecule has 0 unspecified atom stereocenters. The molecule has 0 amide bonds. The SMILES string of the molecule is CCCCCCOc1nsnc1Cl. The molecule has 0 atom stereocenters. The van der Waals surface area contributed by atoms with Crippen LogP contribution < -0.4 is 4.74 Å². The fourth-order valence-electron chi connectivity index (χ4n) is 0.954. The van der Waals surface area contributed by atoms with Crippen LogP contribution in [-0.2, 0) is 0 Å². The average Bonchev–Trinajstić information content (AvgIpc) is 2.52. The van der Waals surface area contributed by atoms with Gasteiger partial charge in [0.05, 0.1) is 18.3 Å². The van der Waals surface area contributed by atoms with Gasteiger partial charge in [-0.1, -0.05) is 37.8 Å². The van der Waals surface area contributed by atoms with Crippen molar-refractivity contribution in [1.82, 2.24) is 8.75 Å². The molecule has 0 saturated heterocycles. The van der Waals surface area contributed by atoms with Crippen LogP contribution in [0.4, 0.5) is 0 Å². The van der Waals surface area contributed by atoms with Gasteiger partial charge in [0.1, 0.15) is 0 Å². The molecule has 0 radical (unpaired) electrons. The predicted octanol–water partition coefficient (Wildman–Crippen LogP) is 3.15. The maximum Gasteiger partial charge on any atom is 0.265 e. The first-order valence-corrected chi connectivity index (χ1v) is 5.56. The van der Waals surface area contributed by atoms with E-state index in [0.29, 0.717) is 17.6 Å². The van der Waals surface area contributed by atoms with Crippen LogP contribution in [-0.4, -0.2) is 15.4 Å². The molecule has 1 rings (SSSR count). The van der Waals surface area contributed by atoms with Gasteiger partial charge in [-0.3, -0.25) is 0 Å². The lowest BCUT2D eigenvalue weighted by Gasteiger charge is -2.01. The van der Waals surface area contributed by atoms with Crippen molar-refractivity contribution in [3.63, 3.8) is 0 Å². The summed E-state index contributed by atoms with van der Waals surface area (Å²) in [7, 11) is 0. The molecule has 1 aromatic heterocycles. The highest BCUT2D eigenvalue weighted by atomic mass is 35.5. The number of hydrogen-bond donors (Lipinski definition) is 0. The van der Waals surface area contributed by atoms with E-state index in [9.17, 15) is 0 Å². The summed E-state index contributed by atoms with van der Waals surface area (Å²) in [5.41, 5.74) is 0. The monoisotopic (exact) mass is 220 g/mol. The Kier molecular flexibility index (Phi) is 5.08. The summed E-state index contributed by atoms with van der Waals surface area (Å²) < 4.78 is 13.0. The predicted molar refractivity (Wildman–Crippen MR) is 54.6 cm³/mol. The molecule has 0 aliphatic heterocycles. The van der Waals surface area contributed by atoms with E-state index in [-0.39, 0.29) is 0 Å². The van der Waals surface area contributed by atoms with Crippen molar-refractivity contribution in [2.45, 2.75) is 32.6 Å². The quantitative estimate of drug-likeness (QED) is 0.691. The van der Waals surface area contributed by atoms with Crippen LogP contribution in [0.5, 0.6) is 5.88 Å². The van der Waals surface area contributed by atoms with Crippen LogP contribution in [0.3, 0.4) is 0 Å². The number of halogens is 1. The number of rotatable bonds is 6. The normalized spacial score (nSPS) is 10.3. The lowest BCUT2D eigenvalue weighted by molar-refractivity contribution is 0.296. The number of hydrogen-bond acceptors (Lipinski definition) is 4. The molecule has 0 aliphatic rings. The fourth-order valence-corrected chi connectivity index (χ4v) is 1.60. The van der Waals surface area contributed by atoms with Gasteiger partial charge in [-0.15, -0.1) is 4.37 Å². The first kappa shape index (κ1) is 10.7.